The predicted octanol–water partition coefficient (Wildman–Crippen LogP) is 4.48. The van der Waals surface area contributed by atoms with Gasteiger partial charge in [-0.05, 0) is 22.9 Å². The minimum Gasteiger partial charge on any atom is -0.289 e. The van der Waals surface area contributed by atoms with Crippen molar-refractivity contribution in [2.75, 3.05) is 0 Å². The quantitative estimate of drug-likeness (QED) is 0.394. The number of carbonyl (C=O) groups is 1. The summed E-state index contributed by atoms with van der Waals surface area (Å²) in [5.41, 5.74) is 2.86. The lowest BCUT2D eigenvalue weighted by Crippen LogP contribution is -2.11. The van der Waals surface area contributed by atoms with Gasteiger partial charge in [0, 0.05) is 34.6 Å². The second kappa shape index (κ2) is 4.97. The van der Waals surface area contributed by atoms with E-state index in [0.29, 0.717) is 0 Å². The zero-order valence-electron chi connectivity index (χ0n) is 13.1. The molecule has 112 valence electrons. The maximum atomic E-state index is 13.0. The van der Waals surface area contributed by atoms with Crippen molar-refractivity contribution in [3.63, 3.8) is 0 Å². The number of hydrogen-bond donors (Lipinski definition) is 0. The van der Waals surface area contributed by atoms with Gasteiger partial charge >= 0.3 is 0 Å². The van der Waals surface area contributed by atoms with Crippen LogP contribution in [0.5, 0.6) is 0 Å². The summed E-state index contributed by atoms with van der Waals surface area (Å²) in [6.07, 6.45) is 5.35. The molecule has 1 aliphatic carbocycles. The molecule has 0 fully saturated rings. The van der Waals surface area contributed by atoms with Crippen molar-refractivity contribution in [3.8, 4) is 0 Å². The predicted molar refractivity (Wildman–Crippen MR) is 99.0 cm³/mol. The van der Waals surface area contributed by atoms with Gasteiger partial charge < -0.3 is 0 Å². The molecule has 5 rings (SSSR count). The lowest BCUT2D eigenvalue weighted by molar-refractivity contribution is 0.104. The van der Waals surface area contributed by atoms with Gasteiger partial charge in [-0.3, -0.25) is 4.79 Å². The minimum atomic E-state index is 0.0876. The van der Waals surface area contributed by atoms with Gasteiger partial charge in [0.2, 0.25) is 0 Å². The van der Waals surface area contributed by atoms with Crippen molar-refractivity contribution in [2.24, 2.45) is 0 Å². The van der Waals surface area contributed by atoms with E-state index in [-0.39, 0.29) is 5.78 Å². The highest BCUT2D eigenvalue weighted by Gasteiger charge is 2.20. The summed E-state index contributed by atoms with van der Waals surface area (Å²) in [6.45, 7) is 0. The van der Waals surface area contributed by atoms with Crippen molar-refractivity contribution in [1.82, 2.24) is 0 Å². The van der Waals surface area contributed by atoms with Crippen LogP contribution in [0, 0.1) is 6.42 Å². The Morgan fingerprint density at radius 2 is 1.67 bits per heavy atom. The third-order valence-electron chi connectivity index (χ3n) is 4.95. The second-order valence-corrected chi connectivity index (χ2v) is 6.31. The molecule has 0 heterocycles. The molecule has 0 amide bonds. The summed E-state index contributed by atoms with van der Waals surface area (Å²) in [5, 5.41) is 6.02. The summed E-state index contributed by atoms with van der Waals surface area (Å²) >= 11 is 0. The number of rotatable bonds is 2. The van der Waals surface area contributed by atoms with E-state index >= 15 is 0 Å². The third-order valence-corrected chi connectivity index (χ3v) is 4.95. The monoisotopic (exact) mass is 307 g/mol. The van der Waals surface area contributed by atoms with Crippen LogP contribution in [0.2, 0.25) is 0 Å². The highest BCUT2D eigenvalue weighted by Crippen LogP contribution is 2.32. The molecule has 0 aromatic heterocycles. The maximum absolute atomic E-state index is 13.0. The van der Waals surface area contributed by atoms with Gasteiger partial charge in [-0.25, -0.2) is 0 Å². The lowest BCUT2D eigenvalue weighted by atomic mass is 9.87. The topological polar surface area (TPSA) is 17.1 Å². The van der Waals surface area contributed by atoms with Crippen molar-refractivity contribution >= 4 is 33.4 Å². The van der Waals surface area contributed by atoms with E-state index in [2.05, 4.69) is 42.8 Å². The number of carbonyl (C=O) groups excluding carboxylic acids is 1. The first-order valence-electron chi connectivity index (χ1n) is 8.23. The van der Waals surface area contributed by atoms with Gasteiger partial charge in [-0.2, -0.15) is 0 Å². The molecule has 1 aliphatic rings. The van der Waals surface area contributed by atoms with Gasteiger partial charge in [-0.1, -0.05) is 48.5 Å². The average Bonchev–Trinajstić information content (AvgIpc) is 2.66. The molecule has 4 aromatic carbocycles. The van der Waals surface area contributed by atoms with Crippen LogP contribution in [0.25, 0.3) is 27.6 Å². The van der Waals surface area contributed by atoms with Gasteiger partial charge in [0.05, 0.1) is 11.8 Å². The zero-order valence-corrected chi connectivity index (χ0v) is 13.1. The van der Waals surface area contributed by atoms with Crippen LogP contribution < -0.4 is 5.22 Å². The molecule has 1 heteroatoms. The van der Waals surface area contributed by atoms with Crippen LogP contribution in [-0.4, -0.2) is 5.78 Å². The number of benzene rings is 4. The molecule has 0 spiro atoms. The van der Waals surface area contributed by atoms with Gasteiger partial charge in [0.15, 0.2) is 5.78 Å². The molecule has 24 heavy (non-hydrogen) atoms. The Kier molecular flexibility index (Phi) is 2.77. The summed E-state index contributed by atoms with van der Waals surface area (Å²) in [6, 6.07) is 22.2. The molecular weight excluding hydrogens is 292 g/mol. The van der Waals surface area contributed by atoms with E-state index in [1.54, 1.807) is 0 Å². The largest absolute Gasteiger partial charge is 0.289 e. The maximum Gasteiger partial charge on any atom is 0.193 e. The Morgan fingerprint density at radius 1 is 0.833 bits per heavy atom. The van der Waals surface area contributed by atoms with Gasteiger partial charge in [-0.15, -0.1) is 0 Å². The van der Waals surface area contributed by atoms with Gasteiger partial charge in [0.1, 0.15) is 11.3 Å². The first kappa shape index (κ1) is 13.4. The zero-order chi connectivity index (χ0) is 16.1. The van der Waals surface area contributed by atoms with E-state index in [0.717, 1.165) is 22.9 Å². The van der Waals surface area contributed by atoms with Crippen molar-refractivity contribution < 1.29 is 4.79 Å². The van der Waals surface area contributed by atoms with E-state index in [1.165, 1.54) is 26.9 Å². The molecule has 0 saturated heterocycles. The molecule has 4 aromatic rings. The minimum absolute atomic E-state index is 0.0876. The van der Waals surface area contributed by atoms with Crippen LogP contribution in [0.1, 0.15) is 21.5 Å². The lowest BCUT2D eigenvalue weighted by Gasteiger charge is -2.12. The number of ketones is 1. The Morgan fingerprint density at radius 3 is 2.54 bits per heavy atom. The Hall–Kier alpha value is -3.06. The average molecular weight is 307 g/mol. The third kappa shape index (κ3) is 1.82. The Balaban J connectivity index is 1.88. The first-order chi connectivity index (χ1) is 11.8. The Bertz CT molecular complexity index is 1150. The first-order valence-corrected chi connectivity index (χ1v) is 8.23. The fraction of sp³-hybridized carbons (Fsp3) is 0.0435. The summed E-state index contributed by atoms with van der Waals surface area (Å²) in [5.74, 6) is 0.0876. The van der Waals surface area contributed by atoms with Crippen molar-refractivity contribution in [2.45, 2.75) is 6.42 Å². The fourth-order valence-corrected chi connectivity index (χ4v) is 3.81. The van der Waals surface area contributed by atoms with Crippen molar-refractivity contribution in [3.05, 3.63) is 95.1 Å². The Labute approximate surface area is 140 Å². The number of hydrogen-bond acceptors (Lipinski definition) is 1. The molecule has 0 unspecified atom stereocenters. The molecule has 0 bridgehead atoms. The van der Waals surface area contributed by atoms with Crippen molar-refractivity contribution in [1.29, 1.82) is 0 Å². The molecule has 0 radical (unpaired) electrons. The van der Waals surface area contributed by atoms with Crippen LogP contribution in [-0.2, 0) is 6.42 Å². The molecule has 0 aliphatic heterocycles. The summed E-state index contributed by atoms with van der Waals surface area (Å²) in [4.78, 5) is 13.0. The van der Waals surface area contributed by atoms with E-state index in [4.69, 9.17) is 0 Å². The summed E-state index contributed by atoms with van der Waals surface area (Å²) < 4.78 is 0. The normalized spacial score (nSPS) is 12.8. The second-order valence-electron chi connectivity index (χ2n) is 6.31. The highest BCUT2D eigenvalue weighted by atomic mass is 16.1. The molecule has 0 atom stereocenters. The standard InChI is InChI=1S/C23H15O/c24-23(18-5-2-1-3-6-18)20-14-12-17-10-9-15-7-4-8-16-11-13-19(20)22(17)21(15)16/h1-6,8-14H,7H2/q+1. The van der Waals surface area contributed by atoms with Crippen LogP contribution in [0.4, 0.5) is 0 Å². The molecule has 0 saturated carbocycles. The molecule has 1 nitrogen and oxygen atoms in total. The SMILES string of the molecule is O=C(c1ccccc1)c1ccc2ccc3c4c(ccc1c24)=C[CH+]C3. The van der Waals surface area contributed by atoms with Gasteiger partial charge in [0.25, 0.3) is 0 Å². The van der Waals surface area contributed by atoms with E-state index in [1.807, 2.05) is 36.4 Å². The molecular formula is C23H15O+. The van der Waals surface area contributed by atoms with E-state index in [9.17, 15) is 4.79 Å². The van der Waals surface area contributed by atoms with Crippen LogP contribution >= 0.6 is 0 Å². The smallest absolute Gasteiger partial charge is 0.193 e. The molecule has 0 N–H and O–H groups in total. The van der Waals surface area contributed by atoms with Crippen LogP contribution in [0.3, 0.4) is 0 Å². The fourth-order valence-electron chi connectivity index (χ4n) is 3.81. The highest BCUT2D eigenvalue weighted by molar-refractivity contribution is 6.22. The van der Waals surface area contributed by atoms with Crippen LogP contribution in [0.15, 0.2) is 66.7 Å². The van der Waals surface area contributed by atoms with E-state index < -0.39 is 0 Å². The summed E-state index contributed by atoms with van der Waals surface area (Å²) in [7, 11) is 0.